The van der Waals surface area contributed by atoms with Crippen LogP contribution in [0.4, 0.5) is 4.39 Å². The Balaban J connectivity index is 1.73. The van der Waals surface area contributed by atoms with E-state index in [2.05, 4.69) is 36.0 Å². The zero-order chi connectivity index (χ0) is 19.4. The van der Waals surface area contributed by atoms with Crippen molar-refractivity contribution in [2.75, 3.05) is 13.1 Å². The van der Waals surface area contributed by atoms with Gasteiger partial charge in [0.1, 0.15) is 5.82 Å². The number of hydrogen-bond donors (Lipinski definition) is 1. The molecule has 1 atom stereocenters. The van der Waals surface area contributed by atoms with E-state index in [-0.39, 0.29) is 29.2 Å². The van der Waals surface area contributed by atoms with E-state index in [0.717, 1.165) is 37.2 Å². The van der Waals surface area contributed by atoms with Crippen LogP contribution in [0, 0.1) is 11.7 Å². The van der Waals surface area contributed by atoms with Crippen LogP contribution in [0.1, 0.15) is 50.9 Å². The minimum atomic E-state index is -0.375. The Labute approximate surface area is 160 Å². The molecular formula is C22H28FN3O. The first-order valence-electron chi connectivity index (χ1n) is 9.56. The zero-order valence-corrected chi connectivity index (χ0v) is 16.3. The fourth-order valence-electron chi connectivity index (χ4n) is 3.60. The number of hydrogen-bond acceptors (Lipinski definition) is 3. The highest BCUT2D eigenvalue weighted by atomic mass is 19.1. The van der Waals surface area contributed by atoms with Gasteiger partial charge in [-0.25, -0.2) is 4.39 Å². The van der Waals surface area contributed by atoms with Crippen molar-refractivity contribution < 1.29 is 9.18 Å². The van der Waals surface area contributed by atoms with Crippen LogP contribution in [-0.4, -0.2) is 34.4 Å². The molecule has 1 unspecified atom stereocenters. The lowest BCUT2D eigenvalue weighted by Crippen LogP contribution is -2.48. The smallest absolute Gasteiger partial charge is 0.224 e. The summed E-state index contributed by atoms with van der Waals surface area (Å²) in [6, 6.07) is 11.5. The van der Waals surface area contributed by atoms with Crippen molar-refractivity contribution in [1.82, 2.24) is 15.2 Å². The summed E-state index contributed by atoms with van der Waals surface area (Å²) in [6.45, 7) is 8.47. The monoisotopic (exact) mass is 369 g/mol. The molecule has 1 aromatic carbocycles. The molecule has 1 N–H and O–H groups in total. The molecule has 144 valence electrons. The molecule has 1 saturated heterocycles. The second-order valence-electron chi connectivity index (χ2n) is 8.18. The topological polar surface area (TPSA) is 45.2 Å². The first-order valence-corrected chi connectivity index (χ1v) is 9.56. The third-order valence-electron chi connectivity index (χ3n) is 5.29. The molecule has 0 radical (unpaired) electrons. The van der Waals surface area contributed by atoms with Crippen LogP contribution in [-0.2, 0) is 4.79 Å². The van der Waals surface area contributed by atoms with Gasteiger partial charge in [0, 0.05) is 17.7 Å². The third kappa shape index (κ3) is 4.92. The molecule has 3 rings (SSSR count). The molecule has 0 bridgehead atoms. The average molecular weight is 369 g/mol. The summed E-state index contributed by atoms with van der Waals surface area (Å²) >= 11 is 0. The van der Waals surface area contributed by atoms with Crippen LogP contribution in [0.25, 0.3) is 0 Å². The summed E-state index contributed by atoms with van der Waals surface area (Å²) in [6.07, 6.45) is 3.41. The van der Waals surface area contributed by atoms with Gasteiger partial charge in [0.25, 0.3) is 0 Å². The predicted molar refractivity (Wildman–Crippen MR) is 105 cm³/mol. The molecule has 0 saturated carbocycles. The number of rotatable bonds is 4. The van der Waals surface area contributed by atoms with Crippen LogP contribution >= 0.6 is 0 Å². The summed E-state index contributed by atoms with van der Waals surface area (Å²) in [5.74, 6) is -0.252. The maximum Gasteiger partial charge on any atom is 0.224 e. The van der Waals surface area contributed by atoms with Gasteiger partial charge in [-0.3, -0.25) is 14.7 Å². The lowest BCUT2D eigenvalue weighted by molar-refractivity contribution is -0.127. The Morgan fingerprint density at radius 2 is 1.81 bits per heavy atom. The first kappa shape index (κ1) is 19.5. The SMILES string of the molecule is CC(C)(C)N1CCC(C(=O)NC(c2ccc(F)cc2)c2ccccn2)CC1. The molecule has 2 aromatic rings. The van der Waals surface area contributed by atoms with E-state index < -0.39 is 0 Å². The minimum absolute atomic E-state index is 0.00439. The van der Waals surface area contributed by atoms with E-state index in [4.69, 9.17) is 0 Å². The van der Waals surface area contributed by atoms with Gasteiger partial charge in [-0.2, -0.15) is 0 Å². The number of nitrogens with zero attached hydrogens (tertiary/aromatic N) is 2. The summed E-state index contributed by atoms with van der Waals surface area (Å²) in [5.41, 5.74) is 1.71. The minimum Gasteiger partial charge on any atom is -0.343 e. The Morgan fingerprint density at radius 3 is 2.37 bits per heavy atom. The Bertz CT molecular complexity index is 747. The largest absolute Gasteiger partial charge is 0.343 e. The molecule has 0 spiro atoms. The molecule has 1 aromatic heterocycles. The van der Waals surface area contributed by atoms with E-state index in [9.17, 15) is 9.18 Å². The normalized spacial score (nSPS) is 17.5. The zero-order valence-electron chi connectivity index (χ0n) is 16.3. The number of halogens is 1. The second kappa shape index (κ2) is 8.17. The lowest BCUT2D eigenvalue weighted by Gasteiger charge is -2.40. The van der Waals surface area contributed by atoms with Crippen molar-refractivity contribution >= 4 is 5.91 Å². The first-order chi connectivity index (χ1) is 12.8. The number of nitrogens with one attached hydrogen (secondary N) is 1. The van der Waals surface area contributed by atoms with Gasteiger partial charge in [0.05, 0.1) is 11.7 Å². The van der Waals surface area contributed by atoms with Crippen LogP contribution < -0.4 is 5.32 Å². The van der Waals surface area contributed by atoms with Gasteiger partial charge >= 0.3 is 0 Å². The average Bonchev–Trinajstić information content (AvgIpc) is 2.67. The highest BCUT2D eigenvalue weighted by Gasteiger charge is 2.31. The quantitative estimate of drug-likeness (QED) is 0.888. The van der Waals surface area contributed by atoms with E-state index in [1.807, 2.05) is 18.2 Å². The summed E-state index contributed by atoms with van der Waals surface area (Å²) < 4.78 is 13.3. The number of piperidine rings is 1. The van der Waals surface area contributed by atoms with Crippen molar-refractivity contribution in [3.8, 4) is 0 Å². The van der Waals surface area contributed by atoms with Crippen molar-refractivity contribution in [1.29, 1.82) is 0 Å². The molecule has 1 aliphatic heterocycles. The number of carbonyl (C=O) groups excluding carboxylic acids is 1. The van der Waals surface area contributed by atoms with Crippen molar-refractivity contribution in [2.45, 2.75) is 45.2 Å². The molecule has 5 heteroatoms. The van der Waals surface area contributed by atoms with Crippen LogP contribution in [0.2, 0.25) is 0 Å². The Morgan fingerprint density at radius 1 is 1.15 bits per heavy atom. The predicted octanol–water partition coefficient (Wildman–Crippen LogP) is 3.94. The molecule has 4 nitrogen and oxygen atoms in total. The summed E-state index contributed by atoms with van der Waals surface area (Å²) in [4.78, 5) is 19.8. The van der Waals surface area contributed by atoms with Crippen molar-refractivity contribution in [2.24, 2.45) is 5.92 Å². The highest BCUT2D eigenvalue weighted by molar-refractivity contribution is 5.79. The Kier molecular flexibility index (Phi) is 5.90. The number of carbonyl (C=O) groups is 1. The molecule has 1 amide bonds. The van der Waals surface area contributed by atoms with E-state index in [0.29, 0.717) is 0 Å². The molecule has 2 heterocycles. The number of pyridine rings is 1. The molecule has 1 aliphatic rings. The van der Waals surface area contributed by atoms with Gasteiger partial charge in [-0.15, -0.1) is 0 Å². The number of likely N-dealkylation sites (tertiary alicyclic amines) is 1. The molecular weight excluding hydrogens is 341 g/mol. The number of amides is 1. The highest BCUT2D eigenvalue weighted by Crippen LogP contribution is 2.26. The van der Waals surface area contributed by atoms with Gasteiger partial charge < -0.3 is 5.32 Å². The molecule has 1 fully saturated rings. The van der Waals surface area contributed by atoms with Gasteiger partial charge in [0.2, 0.25) is 5.91 Å². The van der Waals surface area contributed by atoms with Crippen LogP contribution in [0.3, 0.4) is 0 Å². The van der Waals surface area contributed by atoms with Crippen molar-refractivity contribution in [3.63, 3.8) is 0 Å². The standard InChI is InChI=1S/C22H28FN3O/c1-22(2,3)26-14-11-17(12-15-26)21(27)25-20(19-6-4-5-13-24-19)16-7-9-18(23)10-8-16/h4-10,13,17,20H,11-12,14-15H2,1-3H3,(H,25,27). The number of benzene rings is 1. The fourth-order valence-corrected chi connectivity index (χ4v) is 3.60. The van der Waals surface area contributed by atoms with E-state index in [1.54, 1.807) is 18.3 Å². The van der Waals surface area contributed by atoms with E-state index >= 15 is 0 Å². The number of aromatic nitrogens is 1. The fraction of sp³-hybridized carbons (Fsp3) is 0.455. The van der Waals surface area contributed by atoms with Crippen LogP contribution in [0.5, 0.6) is 0 Å². The third-order valence-corrected chi connectivity index (χ3v) is 5.29. The lowest BCUT2D eigenvalue weighted by atomic mass is 9.91. The van der Waals surface area contributed by atoms with Crippen LogP contribution in [0.15, 0.2) is 48.7 Å². The second-order valence-corrected chi connectivity index (χ2v) is 8.18. The summed E-state index contributed by atoms with van der Waals surface area (Å²) in [5, 5.41) is 3.15. The maximum absolute atomic E-state index is 13.3. The van der Waals surface area contributed by atoms with Gasteiger partial charge in [-0.1, -0.05) is 18.2 Å². The molecule has 27 heavy (non-hydrogen) atoms. The van der Waals surface area contributed by atoms with Gasteiger partial charge in [-0.05, 0) is 76.5 Å². The summed E-state index contributed by atoms with van der Waals surface area (Å²) in [7, 11) is 0. The van der Waals surface area contributed by atoms with E-state index in [1.165, 1.54) is 12.1 Å². The van der Waals surface area contributed by atoms with Crippen molar-refractivity contribution in [3.05, 3.63) is 65.7 Å². The Hall–Kier alpha value is -2.27. The van der Waals surface area contributed by atoms with Gasteiger partial charge in [0.15, 0.2) is 0 Å². The maximum atomic E-state index is 13.3. The molecule has 0 aliphatic carbocycles.